The first-order chi connectivity index (χ1) is 22.7. The number of amides is 3. The molecule has 0 unspecified atom stereocenters. The molecule has 0 bridgehead atoms. The van der Waals surface area contributed by atoms with Crippen molar-refractivity contribution in [1.29, 1.82) is 0 Å². The SMILES string of the molecule is O=C(CSc1ccc(NC(=O)/C(=C/c2ccccc2[N+](=O)[O-])NC(=O)c2ccccc2)cc1)Nc1nc(-c2ccc(Cl)cc2Cl)cs1. The van der Waals surface area contributed by atoms with Crippen LogP contribution >= 0.6 is 46.3 Å². The monoisotopic (exact) mass is 703 g/mol. The Morgan fingerprint density at radius 1 is 0.915 bits per heavy atom. The summed E-state index contributed by atoms with van der Waals surface area (Å²) in [5, 5.41) is 22.8. The summed E-state index contributed by atoms with van der Waals surface area (Å²) >= 11 is 14.8. The lowest BCUT2D eigenvalue weighted by Crippen LogP contribution is -2.30. The average molecular weight is 705 g/mol. The summed E-state index contributed by atoms with van der Waals surface area (Å²) in [6, 6.07) is 26.0. The maximum Gasteiger partial charge on any atom is 0.276 e. The highest BCUT2D eigenvalue weighted by atomic mass is 35.5. The molecule has 0 fully saturated rings. The van der Waals surface area contributed by atoms with Crippen LogP contribution in [0.3, 0.4) is 0 Å². The van der Waals surface area contributed by atoms with Crippen molar-refractivity contribution in [2.45, 2.75) is 4.90 Å². The number of aromatic nitrogens is 1. The molecule has 5 rings (SSSR count). The van der Waals surface area contributed by atoms with Crippen molar-refractivity contribution >= 4 is 86.6 Å². The van der Waals surface area contributed by atoms with Crippen molar-refractivity contribution < 1.29 is 19.3 Å². The van der Waals surface area contributed by atoms with E-state index in [2.05, 4.69) is 20.9 Å². The Labute approximate surface area is 287 Å². The fraction of sp³-hybridized carbons (Fsp3) is 0.0303. The maximum absolute atomic E-state index is 13.3. The molecule has 236 valence electrons. The first-order valence-corrected chi connectivity index (χ1v) is 16.3. The number of rotatable bonds is 11. The summed E-state index contributed by atoms with van der Waals surface area (Å²) in [5.74, 6) is -1.39. The number of anilines is 2. The Bertz CT molecular complexity index is 1990. The van der Waals surface area contributed by atoms with Gasteiger partial charge in [-0.05, 0) is 66.7 Å². The molecule has 0 aliphatic rings. The highest BCUT2D eigenvalue weighted by molar-refractivity contribution is 8.00. The number of carbonyl (C=O) groups excluding carboxylic acids is 3. The minimum absolute atomic E-state index is 0.108. The summed E-state index contributed by atoms with van der Waals surface area (Å²) in [7, 11) is 0. The van der Waals surface area contributed by atoms with E-state index in [0.29, 0.717) is 37.7 Å². The maximum atomic E-state index is 13.3. The molecule has 0 aliphatic heterocycles. The van der Waals surface area contributed by atoms with Crippen LogP contribution < -0.4 is 16.0 Å². The predicted octanol–water partition coefficient (Wildman–Crippen LogP) is 8.17. The molecule has 1 heterocycles. The van der Waals surface area contributed by atoms with Gasteiger partial charge in [0, 0.05) is 38.2 Å². The van der Waals surface area contributed by atoms with Gasteiger partial charge in [-0.3, -0.25) is 24.5 Å². The minimum atomic E-state index is -0.685. The quantitative estimate of drug-likeness (QED) is 0.0545. The molecule has 14 heteroatoms. The first kappa shape index (κ1) is 33.4. The van der Waals surface area contributed by atoms with Crippen molar-refractivity contribution in [3.63, 3.8) is 0 Å². The Morgan fingerprint density at radius 2 is 1.64 bits per heavy atom. The van der Waals surface area contributed by atoms with E-state index < -0.39 is 16.7 Å². The van der Waals surface area contributed by atoms with Gasteiger partial charge in [-0.1, -0.05) is 53.5 Å². The van der Waals surface area contributed by atoms with Gasteiger partial charge in [0.1, 0.15) is 5.70 Å². The lowest BCUT2D eigenvalue weighted by atomic mass is 10.1. The molecule has 5 aromatic rings. The van der Waals surface area contributed by atoms with E-state index in [-0.39, 0.29) is 28.6 Å². The molecule has 0 radical (unpaired) electrons. The van der Waals surface area contributed by atoms with Crippen LogP contribution in [0.15, 0.2) is 113 Å². The number of nitro benzene ring substituents is 1. The summed E-state index contributed by atoms with van der Waals surface area (Å²) in [6.45, 7) is 0. The Kier molecular flexibility index (Phi) is 11.0. The second-order valence-electron chi connectivity index (χ2n) is 9.67. The third kappa shape index (κ3) is 9.05. The zero-order chi connectivity index (χ0) is 33.3. The van der Waals surface area contributed by atoms with Crippen molar-refractivity contribution in [3.05, 3.63) is 139 Å². The van der Waals surface area contributed by atoms with E-state index in [9.17, 15) is 24.5 Å². The first-order valence-electron chi connectivity index (χ1n) is 13.7. The van der Waals surface area contributed by atoms with Gasteiger partial charge in [-0.25, -0.2) is 4.98 Å². The zero-order valence-corrected chi connectivity index (χ0v) is 27.3. The highest BCUT2D eigenvalue weighted by Gasteiger charge is 2.19. The molecule has 3 N–H and O–H groups in total. The molecule has 0 aliphatic carbocycles. The standard InChI is InChI=1S/C33H23Cl2N5O5S2/c34-22-10-15-25(26(35)17-22)28-18-47-33(38-28)39-30(41)19-46-24-13-11-23(12-14-24)36-32(43)27(37-31(42)20-6-2-1-3-7-20)16-21-8-4-5-9-29(21)40(44)45/h1-18H,19H2,(H,36,43)(H,37,42)(H,38,39,41)/b27-16-. The molecule has 0 spiro atoms. The van der Waals surface area contributed by atoms with E-state index in [1.807, 2.05) is 0 Å². The number of hydrogen-bond acceptors (Lipinski definition) is 8. The molecule has 0 saturated heterocycles. The molecule has 3 amide bonds. The number of hydrogen-bond donors (Lipinski definition) is 3. The fourth-order valence-electron chi connectivity index (χ4n) is 4.16. The second-order valence-corrected chi connectivity index (χ2v) is 12.4. The van der Waals surface area contributed by atoms with Crippen LogP contribution in [0.4, 0.5) is 16.5 Å². The molecule has 1 aromatic heterocycles. The number of benzene rings is 4. The highest BCUT2D eigenvalue weighted by Crippen LogP contribution is 2.32. The van der Waals surface area contributed by atoms with Crippen LogP contribution in [0.1, 0.15) is 15.9 Å². The van der Waals surface area contributed by atoms with Crippen molar-refractivity contribution in [3.8, 4) is 11.3 Å². The van der Waals surface area contributed by atoms with Gasteiger partial charge in [0.05, 0.1) is 27.0 Å². The van der Waals surface area contributed by atoms with E-state index in [0.717, 1.165) is 4.90 Å². The number of thiazole rings is 1. The number of nitro groups is 1. The Morgan fingerprint density at radius 3 is 2.36 bits per heavy atom. The fourth-order valence-corrected chi connectivity index (χ4v) is 6.09. The van der Waals surface area contributed by atoms with Crippen molar-refractivity contribution in [1.82, 2.24) is 10.3 Å². The van der Waals surface area contributed by atoms with Gasteiger partial charge < -0.3 is 16.0 Å². The van der Waals surface area contributed by atoms with Gasteiger partial charge in [0.2, 0.25) is 5.91 Å². The van der Waals surface area contributed by atoms with E-state index in [1.54, 1.807) is 84.2 Å². The predicted molar refractivity (Wildman–Crippen MR) is 187 cm³/mol. The number of thioether (sulfide) groups is 1. The van der Waals surface area contributed by atoms with Crippen LogP contribution in [0.25, 0.3) is 17.3 Å². The number of nitrogens with zero attached hydrogens (tertiary/aromatic N) is 2. The third-order valence-corrected chi connectivity index (χ3v) is 8.72. The largest absolute Gasteiger partial charge is 0.321 e. The second kappa shape index (κ2) is 15.5. The third-order valence-electron chi connectivity index (χ3n) is 6.40. The van der Waals surface area contributed by atoms with Crippen LogP contribution in [-0.4, -0.2) is 33.4 Å². The van der Waals surface area contributed by atoms with Crippen LogP contribution in [0.5, 0.6) is 0 Å². The number of halogens is 2. The average Bonchev–Trinajstić information content (AvgIpc) is 3.52. The summed E-state index contributed by atoms with van der Waals surface area (Å²) < 4.78 is 0. The minimum Gasteiger partial charge on any atom is -0.321 e. The summed E-state index contributed by atoms with van der Waals surface area (Å²) in [6.07, 6.45) is 1.26. The number of carbonyl (C=O) groups is 3. The van der Waals surface area contributed by atoms with Gasteiger partial charge in [0.25, 0.3) is 17.5 Å². The molecule has 0 saturated carbocycles. The van der Waals surface area contributed by atoms with Crippen molar-refractivity contribution in [2.75, 3.05) is 16.4 Å². The van der Waals surface area contributed by atoms with E-state index >= 15 is 0 Å². The Hall–Kier alpha value is -5.01. The van der Waals surface area contributed by atoms with Crippen LogP contribution in [0, 0.1) is 10.1 Å². The number of para-hydroxylation sites is 1. The zero-order valence-electron chi connectivity index (χ0n) is 24.1. The molecule has 47 heavy (non-hydrogen) atoms. The molecule has 0 atom stereocenters. The van der Waals surface area contributed by atoms with Gasteiger partial charge in [-0.2, -0.15) is 0 Å². The molecular formula is C33H23Cl2N5O5S2. The van der Waals surface area contributed by atoms with Gasteiger partial charge >= 0.3 is 0 Å². The van der Waals surface area contributed by atoms with Crippen molar-refractivity contribution in [2.24, 2.45) is 0 Å². The topological polar surface area (TPSA) is 143 Å². The normalized spacial score (nSPS) is 11.1. The van der Waals surface area contributed by atoms with Gasteiger partial charge in [-0.15, -0.1) is 23.1 Å². The molecule has 4 aromatic carbocycles. The van der Waals surface area contributed by atoms with E-state index in [4.69, 9.17) is 23.2 Å². The van der Waals surface area contributed by atoms with Crippen LogP contribution in [-0.2, 0) is 9.59 Å². The molecular weight excluding hydrogens is 681 g/mol. The smallest absolute Gasteiger partial charge is 0.276 e. The Balaban J connectivity index is 1.22. The lowest BCUT2D eigenvalue weighted by Gasteiger charge is -2.12. The van der Waals surface area contributed by atoms with E-state index in [1.165, 1.54) is 47.4 Å². The van der Waals surface area contributed by atoms with Crippen LogP contribution in [0.2, 0.25) is 10.0 Å². The lowest BCUT2D eigenvalue weighted by molar-refractivity contribution is -0.385. The summed E-state index contributed by atoms with van der Waals surface area (Å²) in [5.41, 5.74) is 1.77. The summed E-state index contributed by atoms with van der Waals surface area (Å²) in [4.78, 5) is 55.0. The molecule has 10 nitrogen and oxygen atoms in total. The van der Waals surface area contributed by atoms with Gasteiger partial charge in [0.15, 0.2) is 5.13 Å². The number of nitrogens with one attached hydrogen (secondary N) is 3.